The van der Waals surface area contributed by atoms with E-state index in [1.165, 1.54) is 22.9 Å². The first-order valence-electron chi connectivity index (χ1n) is 8.52. The van der Waals surface area contributed by atoms with Crippen molar-refractivity contribution in [3.63, 3.8) is 0 Å². The third-order valence-electron chi connectivity index (χ3n) is 4.01. The Labute approximate surface area is 159 Å². The molecule has 0 aliphatic carbocycles. The van der Waals surface area contributed by atoms with Crippen molar-refractivity contribution in [2.45, 2.75) is 33.7 Å². The summed E-state index contributed by atoms with van der Waals surface area (Å²) < 4.78 is 6.31. The largest absolute Gasteiger partial charge is 0.466 e. The fraction of sp³-hybridized carbons (Fsp3) is 0.316. The first kappa shape index (κ1) is 18.9. The maximum atomic E-state index is 12.8. The lowest BCUT2D eigenvalue weighted by atomic mass is 10.1. The molecule has 0 saturated carbocycles. The molecule has 0 aliphatic heterocycles. The number of esters is 1. The molecule has 0 atom stereocenters. The number of nitrogens with zero attached hydrogens (tertiary/aromatic N) is 3. The number of ketones is 1. The Hall–Kier alpha value is -2.87. The van der Waals surface area contributed by atoms with Crippen molar-refractivity contribution in [3.05, 3.63) is 55.9 Å². The lowest BCUT2D eigenvalue weighted by molar-refractivity contribution is -0.142. The standard InChI is InChI=1S/C19H19N3O4S/c1-4-26-17(24)9-15-13-7-5-6-8-14(13)19(25)22(21-15)10-16-20-11(2)18(27-16)12(3)23/h5-8H,4,9-10H2,1-3H3. The topological polar surface area (TPSA) is 91.2 Å². The van der Waals surface area contributed by atoms with Crippen LogP contribution in [0, 0.1) is 6.92 Å². The van der Waals surface area contributed by atoms with E-state index in [4.69, 9.17) is 4.74 Å². The highest BCUT2D eigenvalue weighted by Crippen LogP contribution is 2.20. The van der Waals surface area contributed by atoms with E-state index in [0.717, 1.165) is 0 Å². The summed E-state index contributed by atoms with van der Waals surface area (Å²) >= 11 is 1.25. The molecule has 0 bridgehead atoms. The normalized spacial score (nSPS) is 10.9. The Morgan fingerprint density at radius 1 is 1.22 bits per heavy atom. The van der Waals surface area contributed by atoms with E-state index in [1.807, 2.05) is 0 Å². The molecule has 0 unspecified atom stereocenters. The van der Waals surface area contributed by atoms with E-state index >= 15 is 0 Å². The molecule has 0 amide bonds. The van der Waals surface area contributed by atoms with Crippen LogP contribution >= 0.6 is 11.3 Å². The Balaban J connectivity index is 2.06. The van der Waals surface area contributed by atoms with Gasteiger partial charge in [0.05, 0.1) is 41.2 Å². The van der Waals surface area contributed by atoms with Gasteiger partial charge in [-0.05, 0) is 19.9 Å². The maximum Gasteiger partial charge on any atom is 0.311 e. The average molecular weight is 385 g/mol. The van der Waals surface area contributed by atoms with Crippen molar-refractivity contribution >= 4 is 33.9 Å². The molecule has 0 spiro atoms. The van der Waals surface area contributed by atoms with Gasteiger partial charge in [-0.2, -0.15) is 5.10 Å². The van der Waals surface area contributed by atoms with Crippen LogP contribution < -0.4 is 5.56 Å². The van der Waals surface area contributed by atoms with E-state index in [2.05, 4.69) is 10.1 Å². The Morgan fingerprint density at radius 3 is 2.56 bits per heavy atom. The number of rotatable bonds is 6. The van der Waals surface area contributed by atoms with E-state index in [0.29, 0.717) is 32.0 Å². The summed E-state index contributed by atoms with van der Waals surface area (Å²) in [6.07, 6.45) is -0.0236. The molecule has 0 fully saturated rings. The lowest BCUT2D eigenvalue weighted by Crippen LogP contribution is -2.26. The second kappa shape index (κ2) is 7.79. The summed E-state index contributed by atoms with van der Waals surface area (Å²) in [4.78, 5) is 41.3. The molecule has 140 valence electrons. The maximum absolute atomic E-state index is 12.8. The fourth-order valence-corrected chi connectivity index (χ4v) is 3.81. The molecule has 0 N–H and O–H groups in total. The van der Waals surface area contributed by atoms with Crippen LogP contribution in [0.3, 0.4) is 0 Å². The average Bonchev–Trinajstić information content (AvgIpc) is 3.00. The smallest absolute Gasteiger partial charge is 0.311 e. The van der Waals surface area contributed by atoms with Crippen molar-refractivity contribution in [2.24, 2.45) is 0 Å². The highest BCUT2D eigenvalue weighted by molar-refractivity contribution is 7.13. The van der Waals surface area contributed by atoms with Crippen LogP contribution in [0.25, 0.3) is 10.8 Å². The van der Waals surface area contributed by atoms with Crippen molar-refractivity contribution in [1.82, 2.24) is 14.8 Å². The summed E-state index contributed by atoms with van der Waals surface area (Å²) in [6.45, 7) is 5.41. The molecule has 1 aromatic carbocycles. The van der Waals surface area contributed by atoms with Crippen molar-refractivity contribution < 1.29 is 14.3 Å². The highest BCUT2D eigenvalue weighted by atomic mass is 32.1. The number of aryl methyl sites for hydroxylation is 1. The molecule has 3 aromatic rings. The number of benzene rings is 1. The zero-order valence-corrected chi connectivity index (χ0v) is 16.1. The SMILES string of the molecule is CCOC(=O)Cc1nn(Cc2nc(C)c(C(C)=O)s2)c(=O)c2ccccc12. The summed E-state index contributed by atoms with van der Waals surface area (Å²) in [6, 6.07) is 7.04. The van der Waals surface area contributed by atoms with Gasteiger partial charge >= 0.3 is 5.97 Å². The molecule has 0 radical (unpaired) electrons. The monoisotopic (exact) mass is 385 g/mol. The van der Waals surface area contributed by atoms with Gasteiger partial charge in [-0.1, -0.05) is 18.2 Å². The van der Waals surface area contributed by atoms with Gasteiger partial charge in [-0.25, -0.2) is 9.67 Å². The van der Waals surface area contributed by atoms with Crippen molar-refractivity contribution in [2.75, 3.05) is 6.61 Å². The first-order valence-corrected chi connectivity index (χ1v) is 9.34. The minimum atomic E-state index is -0.399. The number of hydrogen-bond donors (Lipinski definition) is 0. The predicted molar refractivity (Wildman–Crippen MR) is 102 cm³/mol. The molecule has 27 heavy (non-hydrogen) atoms. The van der Waals surface area contributed by atoms with Gasteiger partial charge in [0.25, 0.3) is 5.56 Å². The van der Waals surface area contributed by atoms with Gasteiger partial charge in [0, 0.05) is 12.3 Å². The van der Waals surface area contributed by atoms with Gasteiger partial charge in [-0.15, -0.1) is 11.3 Å². The molecular weight excluding hydrogens is 366 g/mol. The molecule has 0 aliphatic rings. The molecular formula is C19H19N3O4S. The third kappa shape index (κ3) is 3.95. The van der Waals surface area contributed by atoms with Crippen LogP contribution in [0.2, 0.25) is 0 Å². The number of Topliss-reactive ketones (excluding diaryl/α,β-unsaturated/α-hetero) is 1. The van der Waals surface area contributed by atoms with Gasteiger partial charge in [0.2, 0.25) is 0 Å². The second-order valence-electron chi connectivity index (χ2n) is 6.02. The number of fused-ring (bicyclic) bond motifs is 1. The van der Waals surface area contributed by atoms with Gasteiger partial charge in [0.15, 0.2) is 5.78 Å². The van der Waals surface area contributed by atoms with Crippen LogP contribution in [0.5, 0.6) is 0 Å². The van der Waals surface area contributed by atoms with E-state index in [-0.39, 0.29) is 30.9 Å². The molecule has 8 heteroatoms. The van der Waals surface area contributed by atoms with Crippen LogP contribution in [0.1, 0.15) is 39.9 Å². The minimum absolute atomic E-state index is 0.0236. The van der Waals surface area contributed by atoms with Crippen LogP contribution in [-0.4, -0.2) is 33.1 Å². The zero-order valence-electron chi connectivity index (χ0n) is 15.3. The van der Waals surface area contributed by atoms with Gasteiger partial charge < -0.3 is 4.74 Å². The third-order valence-corrected chi connectivity index (χ3v) is 5.25. The molecule has 2 aromatic heterocycles. The van der Waals surface area contributed by atoms with Crippen molar-refractivity contribution in [1.29, 1.82) is 0 Å². The summed E-state index contributed by atoms with van der Waals surface area (Å²) in [5, 5.41) is 6.11. The van der Waals surface area contributed by atoms with Crippen LogP contribution in [0.4, 0.5) is 0 Å². The Morgan fingerprint density at radius 2 is 1.93 bits per heavy atom. The molecule has 3 rings (SSSR count). The number of ether oxygens (including phenoxy) is 1. The van der Waals surface area contributed by atoms with Gasteiger partial charge in [0.1, 0.15) is 5.01 Å². The van der Waals surface area contributed by atoms with E-state index in [1.54, 1.807) is 38.1 Å². The molecule has 0 saturated heterocycles. The number of aromatic nitrogens is 3. The lowest BCUT2D eigenvalue weighted by Gasteiger charge is -2.10. The first-order chi connectivity index (χ1) is 12.9. The van der Waals surface area contributed by atoms with Crippen LogP contribution in [-0.2, 0) is 22.5 Å². The number of carbonyl (C=O) groups excluding carboxylic acids is 2. The molecule has 7 nitrogen and oxygen atoms in total. The predicted octanol–water partition coefficient (Wildman–Crippen LogP) is 2.52. The minimum Gasteiger partial charge on any atom is -0.466 e. The Kier molecular flexibility index (Phi) is 5.46. The molecule has 2 heterocycles. The van der Waals surface area contributed by atoms with E-state index < -0.39 is 5.97 Å². The number of carbonyl (C=O) groups is 2. The quantitative estimate of drug-likeness (QED) is 0.478. The second-order valence-corrected chi connectivity index (χ2v) is 7.10. The fourth-order valence-electron chi connectivity index (χ4n) is 2.87. The van der Waals surface area contributed by atoms with E-state index in [9.17, 15) is 14.4 Å². The van der Waals surface area contributed by atoms with Crippen molar-refractivity contribution in [3.8, 4) is 0 Å². The number of thiazole rings is 1. The van der Waals surface area contributed by atoms with Gasteiger partial charge in [-0.3, -0.25) is 14.4 Å². The summed E-state index contributed by atoms with van der Waals surface area (Å²) in [5.41, 5.74) is 0.849. The Bertz CT molecular complexity index is 1080. The zero-order chi connectivity index (χ0) is 19.6. The number of hydrogen-bond acceptors (Lipinski definition) is 7. The summed E-state index contributed by atoms with van der Waals surface area (Å²) in [5.74, 6) is -0.456. The highest BCUT2D eigenvalue weighted by Gasteiger charge is 2.17. The summed E-state index contributed by atoms with van der Waals surface area (Å²) in [7, 11) is 0. The van der Waals surface area contributed by atoms with Crippen LogP contribution in [0.15, 0.2) is 29.1 Å².